The number of aromatic nitrogens is 1. The number of rotatable bonds is 6. The topological polar surface area (TPSA) is 95.0 Å². The first-order chi connectivity index (χ1) is 13.2. The number of benzene rings is 2. The molecular formula is C19H19NO6S2. The maximum Gasteiger partial charge on any atom is 0.236 e. The van der Waals surface area contributed by atoms with Gasteiger partial charge in [0.1, 0.15) is 5.75 Å². The van der Waals surface area contributed by atoms with Crippen LogP contribution >= 0.6 is 0 Å². The van der Waals surface area contributed by atoms with E-state index in [1.165, 1.54) is 25.4 Å². The molecule has 9 heteroatoms. The molecule has 0 spiro atoms. The van der Waals surface area contributed by atoms with E-state index >= 15 is 0 Å². The fourth-order valence-corrected chi connectivity index (χ4v) is 5.71. The van der Waals surface area contributed by atoms with E-state index in [0.29, 0.717) is 35.2 Å². The summed E-state index contributed by atoms with van der Waals surface area (Å²) in [7, 11) is -6.17. The van der Waals surface area contributed by atoms with Gasteiger partial charge < -0.3 is 9.47 Å². The van der Waals surface area contributed by atoms with E-state index in [0.717, 1.165) is 10.2 Å². The zero-order chi connectivity index (χ0) is 20.1. The maximum atomic E-state index is 13.4. The molecule has 3 aromatic rings. The van der Waals surface area contributed by atoms with Crippen molar-refractivity contribution in [1.29, 1.82) is 0 Å². The molecule has 1 aliphatic heterocycles. The number of epoxide rings is 1. The molecule has 1 atom stereocenters. The van der Waals surface area contributed by atoms with E-state index in [4.69, 9.17) is 9.47 Å². The Balaban J connectivity index is 2.10. The second kappa shape index (κ2) is 6.61. The van der Waals surface area contributed by atoms with Crippen molar-refractivity contribution in [3.05, 3.63) is 54.2 Å². The molecule has 0 aliphatic carbocycles. The quantitative estimate of drug-likeness (QED) is 0.567. The summed E-state index contributed by atoms with van der Waals surface area (Å²) in [6, 6.07) is 11.2. The maximum absolute atomic E-state index is 13.4. The van der Waals surface area contributed by atoms with Crippen LogP contribution in [0.4, 0.5) is 0 Å². The smallest absolute Gasteiger partial charge is 0.236 e. The molecule has 4 rings (SSSR count). The van der Waals surface area contributed by atoms with Crippen molar-refractivity contribution in [1.82, 2.24) is 3.97 Å². The van der Waals surface area contributed by atoms with Gasteiger partial charge in [0.05, 0.1) is 41.4 Å². The highest BCUT2D eigenvalue weighted by Crippen LogP contribution is 2.39. The third kappa shape index (κ3) is 3.19. The molecule has 2 heterocycles. The molecule has 0 saturated carbocycles. The van der Waals surface area contributed by atoms with Crippen LogP contribution in [0.1, 0.15) is 5.56 Å². The molecule has 0 radical (unpaired) electrons. The lowest BCUT2D eigenvalue weighted by atomic mass is 10.0. The standard InChI is InChI=1S/C19H19NO6S2/c1-25-17-9-8-16-19(15(17)10-13-12-26-13)18(11-20(16)27(2,21)22)28(23,24)14-6-4-3-5-7-14/h3-9,11,13H,10,12H2,1-2H3. The molecule has 7 nitrogen and oxygen atoms in total. The number of nitrogens with zero attached hydrogens (tertiary/aromatic N) is 1. The van der Waals surface area contributed by atoms with Gasteiger partial charge in [-0.3, -0.25) is 0 Å². The highest BCUT2D eigenvalue weighted by atomic mass is 32.2. The van der Waals surface area contributed by atoms with Gasteiger partial charge in [-0.05, 0) is 24.3 Å². The summed E-state index contributed by atoms with van der Waals surface area (Å²) in [6.07, 6.45) is 2.62. The molecule has 0 bridgehead atoms. The Morgan fingerprint density at radius 1 is 1.11 bits per heavy atom. The summed E-state index contributed by atoms with van der Waals surface area (Å²) in [5, 5.41) is 0.351. The Morgan fingerprint density at radius 2 is 1.79 bits per heavy atom. The van der Waals surface area contributed by atoms with Crippen LogP contribution in [-0.2, 0) is 31.0 Å². The van der Waals surface area contributed by atoms with Gasteiger partial charge in [-0.2, -0.15) is 0 Å². The third-order valence-electron chi connectivity index (χ3n) is 4.72. The Bertz CT molecular complexity index is 1260. The fourth-order valence-electron chi connectivity index (χ4n) is 3.33. The first-order valence-electron chi connectivity index (χ1n) is 8.56. The zero-order valence-electron chi connectivity index (χ0n) is 15.3. The summed E-state index contributed by atoms with van der Waals surface area (Å²) >= 11 is 0. The molecule has 1 fully saturated rings. The van der Waals surface area contributed by atoms with Gasteiger partial charge in [0.2, 0.25) is 19.9 Å². The Labute approximate surface area is 163 Å². The van der Waals surface area contributed by atoms with Gasteiger partial charge in [-0.15, -0.1) is 0 Å². The normalized spacial score (nSPS) is 17.0. The number of sulfone groups is 1. The van der Waals surface area contributed by atoms with Crippen molar-refractivity contribution in [2.75, 3.05) is 20.0 Å². The van der Waals surface area contributed by atoms with Crippen LogP contribution in [0.5, 0.6) is 5.75 Å². The SMILES string of the molecule is COc1ccc2c(c(S(=O)(=O)c3ccccc3)cn2S(C)(=O)=O)c1CC1CO1. The second-order valence-corrected chi connectivity index (χ2v) is 10.4. The molecule has 1 unspecified atom stereocenters. The third-order valence-corrected chi connectivity index (χ3v) is 7.52. The number of ether oxygens (including phenoxy) is 2. The van der Waals surface area contributed by atoms with Gasteiger partial charge in [-0.1, -0.05) is 18.2 Å². The first kappa shape index (κ1) is 19.0. The van der Waals surface area contributed by atoms with Crippen molar-refractivity contribution in [3.8, 4) is 5.75 Å². The average molecular weight is 421 g/mol. The summed E-state index contributed by atoms with van der Waals surface area (Å²) < 4.78 is 63.2. The van der Waals surface area contributed by atoms with Gasteiger partial charge >= 0.3 is 0 Å². The van der Waals surface area contributed by atoms with Crippen molar-refractivity contribution >= 4 is 30.8 Å². The largest absolute Gasteiger partial charge is 0.496 e. The predicted molar refractivity (Wildman–Crippen MR) is 104 cm³/mol. The summed E-state index contributed by atoms with van der Waals surface area (Å²) in [5.41, 5.74) is 0.924. The van der Waals surface area contributed by atoms with E-state index in [9.17, 15) is 16.8 Å². The van der Waals surface area contributed by atoms with Crippen LogP contribution in [-0.4, -0.2) is 46.9 Å². The average Bonchev–Trinajstić information content (AvgIpc) is 3.37. The minimum Gasteiger partial charge on any atom is -0.496 e. The predicted octanol–water partition coefficient (Wildman–Crippen LogP) is 2.23. The molecule has 0 N–H and O–H groups in total. The number of fused-ring (bicyclic) bond motifs is 1. The molecule has 0 amide bonds. The van der Waals surface area contributed by atoms with Crippen LogP contribution in [0.3, 0.4) is 0 Å². The lowest BCUT2D eigenvalue weighted by Crippen LogP contribution is -2.08. The molecule has 28 heavy (non-hydrogen) atoms. The molecule has 2 aromatic carbocycles. The van der Waals surface area contributed by atoms with Crippen molar-refractivity contribution in [3.63, 3.8) is 0 Å². The van der Waals surface area contributed by atoms with E-state index < -0.39 is 19.9 Å². The molecule has 1 aliphatic rings. The van der Waals surface area contributed by atoms with E-state index in [-0.39, 0.29) is 15.9 Å². The lowest BCUT2D eigenvalue weighted by molar-refractivity contribution is 0.391. The number of hydrogen-bond acceptors (Lipinski definition) is 6. The van der Waals surface area contributed by atoms with Gasteiger partial charge in [0.25, 0.3) is 0 Å². The highest BCUT2D eigenvalue weighted by molar-refractivity contribution is 7.92. The summed E-state index contributed by atoms with van der Waals surface area (Å²) in [5.74, 6) is 0.499. The van der Waals surface area contributed by atoms with E-state index in [2.05, 4.69) is 0 Å². The van der Waals surface area contributed by atoms with Crippen molar-refractivity contribution in [2.24, 2.45) is 0 Å². The monoisotopic (exact) mass is 421 g/mol. The van der Waals surface area contributed by atoms with E-state index in [1.54, 1.807) is 30.3 Å². The summed E-state index contributed by atoms with van der Waals surface area (Å²) in [6.45, 7) is 0.576. The molecule has 148 valence electrons. The molecule has 1 saturated heterocycles. The van der Waals surface area contributed by atoms with Crippen LogP contribution in [0, 0.1) is 0 Å². The van der Waals surface area contributed by atoms with Crippen molar-refractivity contribution < 1.29 is 26.3 Å². The number of hydrogen-bond donors (Lipinski definition) is 0. The number of methoxy groups -OCH3 is 1. The molecule has 1 aromatic heterocycles. The summed E-state index contributed by atoms with van der Waals surface area (Å²) in [4.78, 5) is 0.0349. The van der Waals surface area contributed by atoms with Crippen molar-refractivity contribution in [2.45, 2.75) is 22.3 Å². The van der Waals surface area contributed by atoms with E-state index in [1.807, 2.05) is 0 Å². The molecular weight excluding hydrogens is 402 g/mol. The van der Waals surface area contributed by atoms with Gasteiger partial charge in [-0.25, -0.2) is 20.8 Å². The minimum atomic E-state index is -3.95. The van der Waals surface area contributed by atoms with Crippen LogP contribution in [0.15, 0.2) is 58.5 Å². The Morgan fingerprint density at radius 3 is 2.36 bits per heavy atom. The zero-order valence-corrected chi connectivity index (χ0v) is 17.0. The Kier molecular flexibility index (Phi) is 4.48. The Hall–Kier alpha value is -2.36. The highest BCUT2D eigenvalue weighted by Gasteiger charge is 2.31. The lowest BCUT2D eigenvalue weighted by Gasteiger charge is -2.11. The van der Waals surface area contributed by atoms with Gasteiger partial charge in [0, 0.05) is 23.6 Å². The van der Waals surface area contributed by atoms with Crippen LogP contribution in [0.25, 0.3) is 10.9 Å². The first-order valence-corrected chi connectivity index (χ1v) is 11.9. The van der Waals surface area contributed by atoms with Crippen LogP contribution < -0.4 is 4.74 Å². The minimum absolute atomic E-state index is 0.0339. The second-order valence-electron chi connectivity index (χ2n) is 6.67. The van der Waals surface area contributed by atoms with Gasteiger partial charge in [0.15, 0.2) is 0 Å². The van der Waals surface area contributed by atoms with Crippen LogP contribution in [0.2, 0.25) is 0 Å². The fraction of sp³-hybridized carbons (Fsp3) is 0.263.